The van der Waals surface area contributed by atoms with Gasteiger partial charge in [-0.25, -0.2) is 5.01 Å². The number of anilines is 1. The molecule has 2 aromatic rings. The largest absolute Gasteiger partial charge is 0.281 e. The number of benzene rings is 2. The maximum absolute atomic E-state index is 12.5. The number of hydrogen-bond donors (Lipinski definition) is 0. The first-order valence-corrected chi connectivity index (χ1v) is 7.57. The van der Waals surface area contributed by atoms with E-state index >= 15 is 0 Å². The second-order valence-electron chi connectivity index (χ2n) is 6.18. The lowest BCUT2D eigenvalue weighted by molar-refractivity contribution is -0.131. The Labute approximate surface area is 123 Å². The van der Waals surface area contributed by atoms with Crippen LogP contribution in [-0.4, -0.2) is 17.5 Å². The van der Waals surface area contributed by atoms with Crippen LogP contribution in [0.1, 0.15) is 29.9 Å². The van der Waals surface area contributed by atoms with E-state index in [0.717, 1.165) is 13.0 Å². The molecule has 0 N–H and O–H groups in total. The summed E-state index contributed by atoms with van der Waals surface area (Å²) in [4.78, 5) is 12.5. The molecule has 21 heavy (non-hydrogen) atoms. The predicted octanol–water partition coefficient (Wildman–Crippen LogP) is 3.04. The van der Waals surface area contributed by atoms with E-state index in [1.807, 2.05) is 6.07 Å². The lowest BCUT2D eigenvalue weighted by atomic mass is 9.95. The molecule has 1 saturated carbocycles. The second-order valence-corrected chi connectivity index (χ2v) is 6.18. The van der Waals surface area contributed by atoms with Gasteiger partial charge < -0.3 is 0 Å². The summed E-state index contributed by atoms with van der Waals surface area (Å²) in [5, 5.41) is 4.25. The van der Waals surface area contributed by atoms with Crippen molar-refractivity contribution in [1.29, 1.82) is 0 Å². The highest BCUT2D eigenvalue weighted by Crippen LogP contribution is 2.67. The van der Waals surface area contributed by atoms with E-state index in [1.54, 1.807) is 0 Å². The fraction of sp³-hybridized carbons (Fsp3) is 0.278. The highest BCUT2D eigenvalue weighted by Gasteiger charge is 2.67. The summed E-state index contributed by atoms with van der Waals surface area (Å²) < 4.78 is 0. The van der Waals surface area contributed by atoms with Gasteiger partial charge in [-0.05, 0) is 23.6 Å². The van der Waals surface area contributed by atoms with Gasteiger partial charge >= 0.3 is 0 Å². The highest BCUT2D eigenvalue weighted by atomic mass is 16.2. The van der Waals surface area contributed by atoms with Gasteiger partial charge in [0.25, 0.3) is 0 Å². The number of carbonyl (C=O) groups excluding carboxylic acids is 1. The Kier molecular flexibility index (Phi) is 1.99. The topological polar surface area (TPSA) is 23.6 Å². The van der Waals surface area contributed by atoms with Crippen LogP contribution in [0, 0.1) is 0 Å². The second kappa shape index (κ2) is 3.67. The van der Waals surface area contributed by atoms with Crippen LogP contribution in [0.2, 0.25) is 0 Å². The number of hydrogen-bond acceptors (Lipinski definition) is 2. The van der Waals surface area contributed by atoms with E-state index in [4.69, 9.17) is 0 Å². The van der Waals surface area contributed by atoms with Crippen LogP contribution in [0.5, 0.6) is 0 Å². The van der Waals surface area contributed by atoms with Crippen LogP contribution in [0.4, 0.5) is 5.69 Å². The number of hydrazine groups is 1. The van der Waals surface area contributed by atoms with Crippen molar-refractivity contribution in [2.45, 2.75) is 24.3 Å². The number of nitrogens with zero attached hydrogens (tertiary/aromatic N) is 2. The molecule has 0 spiro atoms. The molecule has 104 valence electrons. The predicted molar refractivity (Wildman–Crippen MR) is 80.7 cm³/mol. The Morgan fingerprint density at radius 1 is 1.00 bits per heavy atom. The molecule has 0 aromatic heterocycles. The van der Waals surface area contributed by atoms with Crippen molar-refractivity contribution in [2.24, 2.45) is 0 Å². The molecule has 1 saturated heterocycles. The number of rotatable bonds is 1. The zero-order valence-electron chi connectivity index (χ0n) is 11.7. The summed E-state index contributed by atoms with van der Waals surface area (Å²) >= 11 is 0. The van der Waals surface area contributed by atoms with E-state index in [2.05, 4.69) is 58.5 Å². The van der Waals surface area contributed by atoms with Gasteiger partial charge in [0, 0.05) is 18.9 Å². The van der Waals surface area contributed by atoms with E-state index in [0.29, 0.717) is 12.3 Å². The van der Waals surface area contributed by atoms with Crippen molar-refractivity contribution >= 4 is 11.6 Å². The highest BCUT2D eigenvalue weighted by molar-refractivity contribution is 5.86. The van der Waals surface area contributed by atoms with E-state index in [-0.39, 0.29) is 11.4 Å². The Bertz CT molecular complexity index is 742. The lowest BCUT2D eigenvalue weighted by Crippen LogP contribution is -2.50. The summed E-state index contributed by atoms with van der Waals surface area (Å²) in [5.41, 5.74) is 3.75. The molecule has 2 fully saturated rings. The van der Waals surface area contributed by atoms with Crippen molar-refractivity contribution < 1.29 is 4.79 Å². The summed E-state index contributed by atoms with van der Waals surface area (Å²) in [6, 6.07) is 19.1. The minimum atomic E-state index is -0.136. The van der Waals surface area contributed by atoms with Crippen molar-refractivity contribution in [3.05, 3.63) is 65.7 Å². The zero-order valence-corrected chi connectivity index (χ0v) is 11.7. The van der Waals surface area contributed by atoms with Crippen LogP contribution in [0.25, 0.3) is 0 Å². The fourth-order valence-corrected chi connectivity index (χ4v) is 4.25. The van der Waals surface area contributed by atoms with E-state index in [1.165, 1.54) is 16.8 Å². The molecule has 2 unspecified atom stereocenters. The van der Waals surface area contributed by atoms with Crippen LogP contribution >= 0.6 is 0 Å². The molecule has 0 bridgehead atoms. The summed E-state index contributed by atoms with van der Waals surface area (Å²) in [5.74, 6) is 0.699. The number of carbonyl (C=O) groups is 1. The van der Waals surface area contributed by atoms with Crippen molar-refractivity contribution in [2.75, 3.05) is 11.6 Å². The van der Waals surface area contributed by atoms with Gasteiger partial charge in [-0.1, -0.05) is 48.5 Å². The van der Waals surface area contributed by atoms with Gasteiger partial charge in [0.1, 0.15) is 0 Å². The molecule has 1 amide bonds. The van der Waals surface area contributed by atoms with Gasteiger partial charge in [-0.2, -0.15) is 0 Å². The first kappa shape index (κ1) is 11.4. The summed E-state index contributed by atoms with van der Waals surface area (Å²) in [6.07, 6.45) is 1.66. The quantitative estimate of drug-likeness (QED) is 0.799. The van der Waals surface area contributed by atoms with Crippen molar-refractivity contribution in [3.63, 3.8) is 0 Å². The maximum atomic E-state index is 12.5. The number of amides is 1. The van der Waals surface area contributed by atoms with Gasteiger partial charge in [0.15, 0.2) is 0 Å². The zero-order chi connectivity index (χ0) is 14.0. The molecule has 0 radical (unpaired) electrons. The van der Waals surface area contributed by atoms with Gasteiger partial charge in [-0.3, -0.25) is 9.80 Å². The average molecular weight is 276 g/mol. The molecular weight excluding hydrogens is 260 g/mol. The van der Waals surface area contributed by atoms with E-state index < -0.39 is 0 Å². The Hall–Kier alpha value is -2.29. The molecule has 3 heteroatoms. The first-order valence-electron chi connectivity index (χ1n) is 7.57. The molecule has 2 aliphatic heterocycles. The molecule has 5 rings (SSSR count). The van der Waals surface area contributed by atoms with Crippen molar-refractivity contribution in [3.8, 4) is 0 Å². The third kappa shape index (κ3) is 1.27. The third-order valence-corrected chi connectivity index (χ3v) is 5.19. The summed E-state index contributed by atoms with van der Waals surface area (Å²) in [7, 11) is 0. The smallest absolute Gasteiger partial charge is 0.243 e. The normalized spacial score (nSPS) is 29.0. The van der Waals surface area contributed by atoms with Gasteiger partial charge in [-0.15, -0.1) is 0 Å². The molecule has 2 atom stereocenters. The van der Waals surface area contributed by atoms with E-state index in [9.17, 15) is 4.79 Å². The standard InChI is InChI=1S/C18H16N2O/c21-17-10-11-19-16-9-5-4-8-14(16)15-12-18(15,20(17)19)13-6-2-1-3-7-13/h1-9,15H,10-12H2. The molecule has 3 nitrogen and oxygen atoms in total. The minimum Gasteiger partial charge on any atom is -0.281 e. The monoisotopic (exact) mass is 276 g/mol. The third-order valence-electron chi connectivity index (χ3n) is 5.19. The molecular formula is C18H16N2O. The van der Waals surface area contributed by atoms with Gasteiger partial charge in [0.2, 0.25) is 5.91 Å². The summed E-state index contributed by atoms with van der Waals surface area (Å²) in [6.45, 7) is 0.803. The molecule has 2 aromatic carbocycles. The first-order chi connectivity index (χ1) is 10.3. The fourth-order valence-electron chi connectivity index (χ4n) is 4.25. The molecule has 3 aliphatic rings. The van der Waals surface area contributed by atoms with Crippen LogP contribution in [0.15, 0.2) is 54.6 Å². The SMILES string of the molecule is O=C1CCN2c3ccccc3C3CC3(c3ccccc3)N12. The Balaban J connectivity index is 1.75. The average Bonchev–Trinajstić information content (AvgIpc) is 3.19. The van der Waals surface area contributed by atoms with Crippen molar-refractivity contribution in [1.82, 2.24) is 5.01 Å². The minimum absolute atomic E-state index is 0.136. The molecule has 1 aliphatic carbocycles. The number of fused-ring (bicyclic) bond motifs is 6. The Morgan fingerprint density at radius 2 is 1.76 bits per heavy atom. The van der Waals surface area contributed by atoms with Crippen LogP contribution in [-0.2, 0) is 10.3 Å². The van der Waals surface area contributed by atoms with Crippen LogP contribution < -0.4 is 5.01 Å². The van der Waals surface area contributed by atoms with Gasteiger partial charge in [0.05, 0.1) is 11.2 Å². The van der Waals surface area contributed by atoms with Crippen LogP contribution in [0.3, 0.4) is 0 Å². The lowest BCUT2D eigenvalue weighted by Gasteiger charge is -2.42. The molecule has 2 heterocycles. The number of para-hydroxylation sites is 1. The maximum Gasteiger partial charge on any atom is 0.243 e. The Morgan fingerprint density at radius 3 is 2.62 bits per heavy atom.